The van der Waals surface area contributed by atoms with Gasteiger partial charge in [0, 0.05) is 41.0 Å². The van der Waals surface area contributed by atoms with E-state index >= 15 is 0 Å². The largest absolute Gasteiger partial charge is 0.358 e. The highest BCUT2D eigenvalue weighted by Gasteiger charge is 2.17. The molecule has 1 aromatic carbocycles. The first kappa shape index (κ1) is 19.4. The minimum Gasteiger partial charge on any atom is -0.358 e. The van der Waals surface area contributed by atoms with Crippen molar-refractivity contribution in [1.29, 1.82) is 0 Å². The van der Waals surface area contributed by atoms with Crippen LogP contribution in [-0.2, 0) is 18.4 Å². The maximum absolute atomic E-state index is 4.72. The summed E-state index contributed by atoms with van der Waals surface area (Å²) in [5, 5.41) is 11.3. The molecule has 6 heteroatoms. The number of hydrogen-bond acceptors (Lipinski definition) is 3. The van der Waals surface area contributed by atoms with E-state index in [4.69, 9.17) is 4.98 Å². The molecular formula is C21H29N5S. The number of rotatable bonds is 5. The first-order chi connectivity index (χ1) is 12.9. The van der Waals surface area contributed by atoms with Crippen LogP contribution in [0.4, 0.5) is 0 Å². The Morgan fingerprint density at radius 2 is 2.00 bits per heavy atom. The van der Waals surface area contributed by atoms with Crippen LogP contribution in [0.15, 0.2) is 34.6 Å². The molecular weight excluding hydrogens is 354 g/mol. The number of aromatic nitrogens is 2. The van der Waals surface area contributed by atoms with Crippen molar-refractivity contribution < 1.29 is 0 Å². The fraction of sp³-hybridized carbons (Fsp3) is 0.429. The third-order valence-electron chi connectivity index (χ3n) is 4.65. The molecule has 0 radical (unpaired) electrons. The quantitative estimate of drug-likeness (QED) is 0.458. The van der Waals surface area contributed by atoms with Crippen LogP contribution in [0.5, 0.6) is 0 Å². The molecule has 0 amide bonds. The summed E-state index contributed by atoms with van der Waals surface area (Å²) >= 11 is 1.69. The van der Waals surface area contributed by atoms with Gasteiger partial charge in [-0.15, -0.1) is 11.3 Å². The zero-order chi connectivity index (χ0) is 19.4. The van der Waals surface area contributed by atoms with Crippen LogP contribution in [0.2, 0.25) is 0 Å². The van der Waals surface area contributed by atoms with Gasteiger partial charge in [0.1, 0.15) is 5.01 Å². The van der Waals surface area contributed by atoms with Gasteiger partial charge in [0.25, 0.3) is 0 Å². The summed E-state index contributed by atoms with van der Waals surface area (Å²) in [4.78, 5) is 12.5. The lowest BCUT2D eigenvalue weighted by atomic mass is 9.93. The number of nitrogens with one attached hydrogen (secondary N) is 3. The number of benzene rings is 1. The van der Waals surface area contributed by atoms with Crippen molar-refractivity contribution in [2.45, 2.75) is 46.1 Å². The molecule has 0 spiro atoms. The molecule has 144 valence electrons. The molecule has 0 unspecified atom stereocenters. The summed E-state index contributed by atoms with van der Waals surface area (Å²) in [6.45, 7) is 10.2. The summed E-state index contributed by atoms with van der Waals surface area (Å²) in [7, 11) is 1.80. The van der Waals surface area contributed by atoms with E-state index in [0.29, 0.717) is 6.54 Å². The van der Waals surface area contributed by atoms with Gasteiger partial charge in [-0.1, -0.05) is 39.0 Å². The molecule has 0 aliphatic rings. The molecule has 3 aromatic rings. The van der Waals surface area contributed by atoms with Crippen molar-refractivity contribution in [3.05, 3.63) is 51.6 Å². The van der Waals surface area contributed by atoms with Crippen molar-refractivity contribution >= 4 is 28.2 Å². The van der Waals surface area contributed by atoms with Gasteiger partial charge >= 0.3 is 0 Å². The van der Waals surface area contributed by atoms with Crippen molar-refractivity contribution in [3.8, 4) is 0 Å². The van der Waals surface area contributed by atoms with Crippen LogP contribution in [0.25, 0.3) is 10.9 Å². The second-order valence-electron chi connectivity index (χ2n) is 7.75. The summed E-state index contributed by atoms with van der Waals surface area (Å²) in [6.07, 6.45) is 0.946. The molecule has 0 aliphatic carbocycles. The number of nitrogens with zero attached hydrogens (tertiary/aromatic N) is 2. The van der Waals surface area contributed by atoms with E-state index in [0.717, 1.165) is 29.6 Å². The average Bonchev–Trinajstić information content (AvgIpc) is 3.22. The summed E-state index contributed by atoms with van der Waals surface area (Å²) in [5.74, 6) is 0.806. The Kier molecular flexibility index (Phi) is 5.85. The Balaban J connectivity index is 1.53. The summed E-state index contributed by atoms with van der Waals surface area (Å²) in [6, 6.07) is 8.46. The van der Waals surface area contributed by atoms with Crippen molar-refractivity contribution in [3.63, 3.8) is 0 Å². The number of para-hydroxylation sites is 1. The van der Waals surface area contributed by atoms with Gasteiger partial charge in [-0.3, -0.25) is 4.99 Å². The first-order valence-electron chi connectivity index (χ1n) is 9.34. The molecule has 0 saturated carbocycles. The average molecular weight is 384 g/mol. The van der Waals surface area contributed by atoms with Gasteiger partial charge in [-0.2, -0.15) is 0 Å². The number of guanidine groups is 1. The van der Waals surface area contributed by atoms with E-state index in [2.05, 4.69) is 78.0 Å². The monoisotopic (exact) mass is 383 g/mol. The second kappa shape index (κ2) is 8.13. The second-order valence-corrected chi connectivity index (χ2v) is 8.70. The Morgan fingerprint density at radius 3 is 2.70 bits per heavy atom. The highest BCUT2D eigenvalue weighted by molar-refractivity contribution is 7.09. The molecule has 2 aromatic heterocycles. The smallest absolute Gasteiger partial charge is 0.191 e. The zero-order valence-electron chi connectivity index (χ0n) is 16.8. The maximum Gasteiger partial charge on any atom is 0.191 e. The predicted octanol–water partition coefficient (Wildman–Crippen LogP) is 4.14. The number of hydrogen-bond donors (Lipinski definition) is 3. The third-order valence-corrected chi connectivity index (χ3v) is 5.49. The maximum atomic E-state index is 4.72. The standard InChI is InChI=1S/C21H29N5S/c1-14-15(16-8-6-7-9-17(16)25-14)10-11-23-20(22-5)24-12-19-26-18(13-27-19)21(2,3)4/h6-9,13,25H,10-12H2,1-5H3,(H2,22,23,24). The minimum atomic E-state index is 0.0892. The van der Waals surface area contributed by atoms with E-state index in [1.807, 2.05) is 0 Å². The van der Waals surface area contributed by atoms with Gasteiger partial charge in [-0.05, 0) is 25.0 Å². The van der Waals surface area contributed by atoms with E-state index < -0.39 is 0 Å². The molecule has 0 aliphatic heterocycles. The number of H-pyrrole nitrogens is 1. The van der Waals surface area contributed by atoms with Crippen LogP contribution in [0.3, 0.4) is 0 Å². The highest BCUT2D eigenvalue weighted by Crippen LogP contribution is 2.24. The molecule has 2 heterocycles. The Bertz CT molecular complexity index is 930. The van der Waals surface area contributed by atoms with Crippen LogP contribution >= 0.6 is 11.3 Å². The van der Waals surface area contributed by atoms with Crippen molar-refractivity contribution in [1.82, 2.24) is 20.6 Å². The topological polar surface area (TPSA) is 65.1 Å². The van der Waals surface area contributed by atoms with Gasteiger partial charge in [0.2, 0.25) is 0 Å². The van der Waals surface area contributed by atoms with Crippen LogP contribution in [0.1, 0.15) is 42.7 Å². The fourth-order valence-electron chi connectivity index (χ4n) is 3.08. The number of aryl methyl sites for hydroxylation is 1. The third kappa shape index (κ3) is 4.69. The predicted molar refractivity (Wildman–Crippen MR) is 116 cm³/mol. The summed E-state index contributed by atoms with van der Waals surface area (Å²) in [5.41, 5.74) is 5.03. The van der Waals surface area contributed by atoms with Crippen molar-refractivity contribution in [2.75, 3.05) is 13.6 Å². The van der Waals surface area contributed by atoms with E-state index in [1.54, 1.807) is 18.4 Å². The van der Waals surface area contributed by atoms with E-state index in [1.165, 1.54) is 22.2 Å². The Hall–Kier alpha value is -2.34. The van der Waals surface area contributed by atoms with E-state index in [-0.39, 0.29) is 5.41 Å². The normalized spacial score (nSPS) is 12.6. The van der Waals surface area contributed by atoms with Gasteiger partial charge in [-0.25, -0.2) is 4.98 Å². The highest BCUT2D eigenvalue weighted by atomic mass is 32.1. The van der Waals surface area contributed by atoms with E-state index in [9.17, 15) is 0 Å². The molecule has 0 atom stereocenters. The molecule has 27 heavy (non-hydrogen) atoms. The van der Waals surface area contributed by atoms with Crippen molar-refractivity contribution in [2.24, 2.45) is 4.99 Å². The van der Waals surface area contributed by atoms with Crippen LogP contribution in [0, 0.1) is 6.92 Å². The SMILES string of the molecule is CN=C(NCCc1c(C)[nH]c2ccccc12)NCc1nc(C(C)(C)C)cs1. The molecule has 3 rings (SSSR count). The fourth-order valence-corrected chi connectivity index (χ4v) is 4.04. The molecule has 5 nitrogen and oxygen atoms in total. The number of aromatic amines is 1. The zero-order valence-corrected chi connectivity index (χ0v) is 17.6. The van der Waals surface area contributed by atoms with Crippen LogP contribution in [-0.4, -0.2) is 29.5 Å². The summed E-state index contributed by atoms with van der Waals surface area (Å²) < 4.78 is 0. The van der Waals surface area contributed by atoms with Crippen LogP contribution < -0.4 is 10.6 Å². The van der Waals surface area contributed by atoms with Gasteiger partial charge in [0.15, 0.2) is 5.96 Å². The lowest BCUT2D eigenvalue weighted by Crippen LogP contribution is -2.37. The lowest BCUT2D eigenvalue weighted by molar-refractivity contribution is 0.570. The Labute approximate surface area is 165 Å². The van der Waals surface area contributed by atoms with Gasteiger partial charge in [0.05, 0.1) is 12.2 Å². The number of thiazole rings is 1. The van der Waals surface area contributed by atoms with Gasteiger partial charge < -0.3 is 15.6 Å². The molecule has 0 saturated heterocycles. The molecule has 0 fully saturated rings. The molecule has 0 bridgehead atoms. The number of aliphatic imine (C=N–C) groups is 1. The Morgan fingerprint density at radius 1 is 1.22 bits per heavy atom. The molecule has 3 N–H and O–H groups in total. The first-order valence-corrected chi connectivity index (χ1v) is 10.2. The lowest BCUT2D eigenvalue weighted by Gasteiger charge is -2.14. The minimum absolute atomic E-state index is 0.0892. The number of fused-ring (bicyclic) bond motifs is 1.